The minimum Gasteiger partial charge on any atom is -0.503 e. The molecule has 0 saturated heterocycles. The minimum absolute atomic E-state index is 0.0185. The first-order valence-corrected chi connectivity index (χ1v) is 7.04. The van der Waals surface area contributed by atoms with Crippen molar-refractivity contribution in [2.45, 2.75) is 13.0 Å². The zero-order valence-corrected chi connectivity index (χ0v) is 13.2. The lowest BCUT2D eigenvalue weighted by Crippen LogP contribution is -2.33. The Kier molecular flexibility index (Phi) is 4.90. The number of Topliss-reactive ketones (excluding diaryl/α,β-unsaturated/α-hetero) is 1. The number of ether oxygens (including phenoxy) is 2. The number of β-amino-alcohol motifs (C(OH)–C–C–N with tert-alkyl or cyclic N) is 1. The quantitative estimate of drug-likeness (QED) is 0.811. The highest BCUT2D eigenvalue weighted by Crippen LogP contribution is 2.42. The van der Waals surface area contributed by atoms with Crippen molar-refractivity contribution in [3.63, 3.8) is 0 Å². The molecule has 2 rings (SSSR count). The number of carbonyl (C=O) groups is 2. The third kappa shape index (κ3) is 2.87. The van der Waals surface area contributed by atoms with Gasteiger partial charge in [0.2, 0.25) is 0 Å². The van der Waals surface area contributed by atoms with E-state index >= 15 is 0 Å². The van der Waals surface area contributed by atoms with Gasteiger partial charge < -0.3 is 24.6 Å². The largest absolute Gasteiger partial charge is 0.503 e. The van der Waals surface area contributed by atoms with E-state index in [0.29, 0.717) is 17.1 Å². The molecule has 0 radical (unpaired) electrons. The van der Waals surface area contributed by atoms with Crippen LogP contribution in [0.5, 0.6) is 11.5 Å². The Morgan fingerprint density at radius 3 is 2.52 bits per heavy atom. The lowest BCUT2D eigenvalue weighted by molar-refractivity contribution is -0.129. The molecule has 23 heavy (non-hydrogen) atoms. The third-order valence-corrected chi connectivity index (χ3v) is 3.76. The number of carbonyl (C=O) groups excluding carboxylic acids is 2. The summed E-state index contributed by atoms with van der Waals surface area (Å²) < 4.78 is 10.5. The molecule has 0 fully saturated rings. The fraction of sp³-hybridized carbons (Fsp3) is 0.375. The van der Waals surface area contributed by atoms with Crippen LogP contribution in [0.25, 0.3) is 0 Å². The van der Waals surface area contributed by atoms with Crippen molar-refractivity contribution in [1.82, 2.24) is 4.90 Å². The van der Waals surface area contributed by atoms with Crippen molar-refractivity contribution in [1.29, 1.82) is 0 Å². The Balaban J connectivity index is 2.65. The average Bonchev–Trinajstić information content (AvgIpc) is 2.79. The van der Waals surface area contributed by atoms with Gasteiger partial charge in [0.1, 0.15) is 11.5 Å². The molecule has 1 aliphatic rings. The molecule has 124 valence electrons. The van der Waals surface area contributed by atoms with Crippen LogP contribution >= 0.6 is 0 Å². The van der Waals surface area contributed by atoms with Crippen molar-refractivity contribution < 1.29 is 29.3 Å². The Bertz CT molecular complexity index is 667. The van der Waals surface area contributed by atoms with Crippen LogP contribution < -0.4 is 9.47 Å². The van der Waals surface area contributed by atoms with Gasteiger partial charge in [-0.15, -0.1) is 0 Å². The highest BCUT2D eigenvalue weighted by atomic mass is 16.5. The van der Waals surface area contributed by atoms with E-state index in [4.69, 9.17) is 9.47 Å². The second kappa shape index (κ2) is 6.70. The number of aliphatic hydroxyl groups excluding tert-OH is 2. The normalized spacial score (nSPS) is 17.7. The molecule has 0 aliphatic carbocycles. The van der Waals surface area contributed by atoms with Crippen molar-refractivity contribution in [3.8, 4) is 11.5 Å². The van der Waals surface area contributed by atoms with Crippen LogP contribution in [0.15, 0.2) is 29.5 Å². The second-order valence-electron chi connectivity index (χ2n) is 5.05. The van der Waals surface area contributed by atoms with Crippen molar-refractivity contribution in [2.24, 2.45) is 0 Å². The number of benzene rings is 1. The summed E-state index contributed by atoms with van der Waals surface area (Å²) in [5, 5.41) is 19.3. The Hall–Kier alpha value is -2.54. The van der Waals surface area contributed by atoms with Gasteiger partial charge in [0, 0.05) is 12.1 Å². The van der Waals surface area contributed by atoms with Crippen LogP contribution in [-0.2, 0) is 9.59 Å². The maximum Gasteiger partial charge on any atom is 0.290 e. The van der Waals surface area contributed by atoms with E-state index in [1.807, 2.05) is 0 Å². The summed E-state index contributed by atoms with van der Waals surface area (Å²) in [4.78, 5) is 25.4. The molecule has 1 aliphatic heterocycles. The molecule has 0 saturated carbocycles. The molecule has 1 aromatic rings. The zero-order valence-electron chi connectivity index (χ0n) is 13.2. The van der Waals surface area contributed by atoms with Crippen LogP contribution in [0.1, 0.15) is 18.5 Å². The van der Waals surface area contributed by atoms with E-state index in [1.54, 1.807) is 18.2 Å². The molecule has 7 heteroatoms. The number of aliphatic hydroxyl groups is 2. The number of ketones is 1. The van der Waals surface area contributed by atoms with E-state index in [-0.39, 0.29) is 18.7 Å². The Morgan fingerprint density at radius 2 is 2.00 bits per heavy atom. The lowest BCUT2D eigenvalue weighted by Gasteiger charge is -2.27. The number of hydrogen-bond acceptors (Lipinski definition) is 6. The van der Waals surface area contributed by atoms with Crippen molar-refractivity contribution >= 4 is 11.7 Å². The summed E-state index contributed by atoms with van der Waals surface area (Å²) in [6.07, 6.45) is 0. The van der Waals surface area contributed by atoms with Gasteiger partial charge in [0.25, 0.3) is 5.91 Å². The van der Waals surface area contributed by atoms with Crippen LogP contribution in [0.3, 0.4) is 0 Å². The van der Waals surface area contributed by atoms with E-state index < -0.39 is 23.5 Å². The van der Waals surface area contributed by atoms with E-state index in [2.05, 4.69) is 0 Å². The summed E-state index contributed by atoms with van der Waals surface area (Å²) >= 11 is 0. The molecule has 1 aromatic carbocycles. The number of hydrogen-bond donors (Lipinski definition) is 2. The lowest BCUT2D eigenvalue weighted by atomic mass is 9.95. The molecule has 7 nitrogen and oxygen atoms in total. The number of methoxy groups -OCH3 is 2. The molecule has 2 N–H and O–H groups in total. The standard InChI is InChI=1S/C16H19NO6/c1-9(19)13-14(17(6-7-18)16(21)15(13)20)11-8-10(22-2)4-5-12(11)23-3/h4-5,8,14,18,20H,6-7H2,1-3H3. The summed E-state index contributed by atoms with van der Waals surface area (Å²) in [5.74, 6) is -0.752. The fourth-order valence-electron chi connectivity index (χ4n) is 2.73. The molecule has 1 heterocycles. The van der Waals surface area contributed by atoms with E-state index in [1.165, 1.54) is 26.0 Å². The van der Waals surface area contributed by atoms with Crippen molar-refractivity contribution in [2.75, 3.05) is 27.4 Å². The number of rotatable bonds is 6. The molecule has 1 amide bonds. The first-order chi connectivity index (χ1) is 11.0. The maximum absolute atomic E-state index is 12.2. The summed E-state index contributed by atoms with van der Waals surface area (Å²) in [6, 6.07) is 4.15. The molecule has 0 spiro atoms. The van der Waals surface area contributed by atoms with Gasteiger partial charge in [0.15, 0.2) is 11.5 Å². The minimum atomic E-state index is -0.836. The van der Waals surface area contributed by atoms with Crippen LogP contribution in [0.4, 0.5) is 0 Å². The molecule has 1 unspecified atom stereocenters. The topological polar surface area (TPSA) is 96.3 Å². The predicted octanol–water partition coefficient (Wildman–Crippen LogP) is 0.980. The molecular weight excluding hydrogens is 302 g/mol. The van der Waals surface area contributed by atoms with Gasteiger partial charge >= 0.3 is 0 Å². The molecule has 0 bridgehead atoms. The molecule has 1 atom stereocenters. The first-order valence-electron chi connectivity index (χ1n) is 7.04. The van der Waals surface area contributed by atoms with Gasteiger partial charge in [-0.1, -0.05) is 0 Å². The summed E-state index contributed by atoms with van der Waals surface area (Å²) in [7, 11) is 2.96. The third-order valence-electron chi connectivity index (χ3n) is 3.76. The Morgan fingerprint density at radius 1 is 1.30 bits per heavy atom. The molecular formula is C16H19NO6. The van der Waals surface area contributed by atoms with Crippen LogP contribution in [-0.4, -0.2) is 54.2 Å². The zero-order chi connectivity index (χ0) is 17.1. The summed E-state index contributed by atoms with van der Waals surface area (Å²) in [5.41, 5.74) is 0.484. The number of nitrogens with zero attached hydrogens (tertiary/aromatic N) is 1. The predicted molar refractivity (Wildman–Crippen MR) is 81.4 cm³/mol. The SMILES string of the molecule is COc1ccc(OC)c(C2C(C(C)=O)=C(O)C(=O)N2CCO)c1. The van der Waals surface area contributed by atoms with Gasteiger partial charge in [-0.2, -0.15) is 0 Å². The monoisotopic (exact) mass is 321 g/mol. The van der Waals surface area contributed by atoms with E-state index in [0.717, 1.165) is 0 Å². The van der Waals surface area contributed by atoms with Gasteiger partial charge in [-0.3, -0.25) is 9.59 Å². The van der Waals surface area contributed by atoms with E-state index in [9.17, 15) is 19.8 Å². The smallest absolute Gasteiger partial charge is 0.290 e. The fourth-order valence-corrected chi connectivity index (χ4v) is 2.73. The van der Waals surface area contributed by atoms with Crippen LogP contribution in [0.2, 0.25) is 0 Å². The Labute approximate surface area is 133 Å². The van der Waals surface area contributed by atoms with Gasteiger partial charge in [-0.05, 0) is 25.1 Å². The van der Waals surface area contributed by atoms with Crippen LogP contribution in [0, 0.1) is 0 Å². The first kappa shape index (κ1) is 16.8. The average molecular weight is 321 g/mol. The van der Waals surface area contributed by atoms with Gasteiger partial charge in [-0.25, -0.2) is 0 Å². The second-order valence-corrected chi connectivity index (χ2v) is 5.05. The summed E-state index contributed by atoms with van der Waals surface area (Å²) in [6.45, 7) is 0.957. The highest BCUT2D eigenvalue weighted by Gasteiger charge is 2.43. The highest BCUT2D eigenvalue weighted by molar-refractivity contribution is 6.08. The van der Waals surface area contributed by atoms with Gasteiger partial charge in [0.05, 0.1) is 32.4 Å². The number of amides is 1. The van der Waals surface area contributed by atoms with Crippen molar-refractivity contribution in [3.05, 3.63) is 35.1 Å². The maximum atomic E-state index is 12.2. The molecule has 0 aromatic heterocycles.